The second-order valence-corrected chi connectivity index (χ2v) is 7.21. The van der Waals surface area contributed by atoms with E-state index in [4.69, 9.17) is 9.47 Å². The van der Waals surface area contributed by atoms with Crippen LogP contribution in [0.15, 0.2) is 42.5 Å². The molecule has 0 unspecified atom stereocenters. The number of esters is 2. The van der Waals surface area contributed by atoms with Gasteiger partial charge >= 0.3 is 11.9 Å². The summed E-state index contributed by atoms with van der Waals surface area (Å²) < 4.78 is 9.86. The number of hydrogen-bond acceptors (Lipinski definition) is 6. The lowest BCUT2D eigenvalue weighted by Crippen LogP contribution is -2.21. The summed E-state index contributed by atoms with van der Waals surface area (Å²) in [5, 5.41) is 5.37. The Morgan fingerprint density at radius 3 is 2.09 bits per heavy atom. The zero-order valence-corrected chi connectivity index (χ0v) is 18.5. The van der Waals surface area contributed by atoms with Gasteiger partial charge in [0.05, 0.1) is 12.2 Å². The summed E-state index contributed by atoms with van der Waals surface area (Å²) in [7, 11) is 0. The molecule has 2 N–H and O–H groups in total. The van der Waals surface area contributed by atoms with Gasteiger partial charge in [0.1, 0.15) is 0 Å². The van der Waals surface area contributed by atoms with Gasteiger partial charge in [-0.05, 0) is 74.7 Å². The second-order valence-electron chi connectivity index (χ2n) is 7.21. The van der Waals surface area contributed by atoms with Crippen molar-refractivity contribution in [1.29, 1.82) is 0 Å². The van der Waals surface area contributed by atoms with Crippen LogP contribution in [0.5, 0.6) is 0 Å². The van der Waals surface area contributed by atoms with E-state index in [1.54, 1.807) is 37.3 Å². The highest BCUT2D eigenvalue weighted by Gasteiger charge is 2.11. The lowest BCUT2D eigenvalue weighted by molar-refractivity contribution is -0.147. The molecular weight excluding hydrogens is 412 g/mol. The monoisotopic (exact) mass is 440 g/mol. The number of ether oxygens (including phenoxy) is 2. The molecule has 0 atom stereocenters. The molecule has 170 valence electrons. The van der Waals surface area contributed by atoms with E-state index in [9.17, 15) is 19.2 Å². The van der Waals surface area contributed by atoms with Crippen molar-refractivity contribution >= 4 is 35.1 Å². The number of aryl methyl sites for hydroxylation is 2. The third-order valence-corrected chi connectivity index (χ3v) is 4.62. The summed E-state index contributed by atoms with van der Waals surface area (Å²) in [6.45, 7) is 5.55. The van der Waals surface area contributed by atoms with E-state index in [1.165, 1.54) is 0 Å². The highest BCUT2D eigenvalue weighted by Crippen LogP contribution is 2.14. The molecule has 0 radical (unpaired) electrons. The van der Waals surface area contributed by atoms with Gasteiger partial charge in [-0.15, -0.1) is 0 Å². The quantitative estimate of drug-likeness (QED) is 0.544. The summed E-state index contributed by atoms with van der Waals surface area (Å²) in [5.74, 6) is -1.67. The molecular formula is C24H28N2O6. The predicted octanol–water partition coefficient (Wildman–Crippen LogP) is 3.77. The first kappa shape index (κ1) is 24.6. The molecule has 32 heavy (non-hydrogen) atoms. The lowest BCUT2D eigenvalue weighted by atomic mass is 10.1. The molecule has 0 aliphatic rings. The van der Waals surface area contributed by atoms with Gasteiger partial charge in [-0.1, -0.05) is 6.07 Å². The molecule has 0 fully saturated rings. The molecule has 0 aromatic heterocycles. The van der Waals surface area contributed by atoms with Crippen molar-refractivity contribution in [2.45, 2.75) is 40.0 Å². The Kier molecular flexibility index (Phi) is 9.41. The van der Waals surface area contributed by atoms with Crippen LogP contribution >= 0.6 is 0 Å². The van der Waals surface area contributed by atoms with Crippen molar-refractivity contribution in [3.05, 3.63) is 59.2 Å². The first-order valence-corrected chi connectivity index (χ1v) is 10.4. The smallest absolute Gasteiger partial charge is 0.338 e. The van der Waals surface area contributed by atoms with E-state index in [-0.39, 0.29) is 38.4 Å². The van der Waals surface area contributed by atoms with Gasteiger partial charge in [0.25, 0.3) is 5.91 Å². The van der Waals surface area contributed by atoms with Crippen molar-refractivity contribution in [3.63, 3.8) is 0 Å². The molecule has 0 spiro atoms. The SMILES string of the molecule is CCOC(=O)c1ccc(NC(=O)CCCC(=O)OCC(=O)Nc2ccc(C)c(C)c2)cc1. The molecule has 8 heteroatoms. The normalized spacial score (nSPS) is 10.2. The lowest BCUT2D eigenvalue weighted by Gasteiger charge is -2.09. The van der Waals surface area contributed by atoms with Crippen LogP contribution in [0.25, 0.3) is 0 Å². The number of amides is 2. The number of carbonyl (C=O) groups is 4. The van der Waals surface area contributed by atoms with Crippen LogP contribution in [0.4, 0.5) is 11.4 Å². The van der Waals surface area contributed by atoms with Gasteiger partial charge in [-0.25, -0.2) is 4.79 Å². The van der Waals surface area contributed by atoms with Crippen LogP contribution in [0.1, 0.15) is 47.7 Å². The molecule has 2 amide bonds. The summed E-state index contributed by atoms with van der Waals surface area (Å²) >= 11 is 0. The molecule has 0 aliphatic heterocycles. The largest absolute Gasteiger partial charge is 0.462 e. The van der Waals surface area contributed by atoms with E-state index in [2.05, 4.69) is 10.6 Å². The van der Waals surface area contributed by atoms with Crippen molar-refractivity contribution in [3.8, 4) is 0 Å². The van der Waals surface area contributed by atoms with E-state index in [0.717, 1.165) is 11.1 Å². The summed E-state index contributed by atoms with van der Waals surface area (Å²) in [6.07, 6.45) is 0.417. The van der Waals surface area contributed by atoms with Crippen molar-refractivity contribution in [1.82, 2.24) is 0 Å². The fourth-order valence-electron chi connectivity index (χ4n) is 2.76. The van der Waals surface area contributed by atoms with Crippen LogP contribution < -0.4 is 10.6 Å². The van der Waals surface area contributed by atoms with Gasteiger partial charge < -0.3 is 20.1 Å². The molecule has 2 aromatic rings. The minimum Gasteiger partial charge on any atom is -0.462 e. The Morgan fingerprint density at radius 2 is 1.44 bits per heavy atom. The first-order chi connectivity index (χ1) is 15.3. The zero-order valence-electron chi connectivity index (χ0n) is 18.5. The number of carbonyl (C=O) groups excluding carboxylic acids is 4. The number of benzene rings is 2. The Morgan fingerprint density at radius 1 is 0.781 bits per heavy atom. The maximum Gasteiger partial charge on any atom is 0.338 e. The molecule has 8 nitrogen and oxygen atoms in total. The number of anilines is 2. The van der Waals surface area contributed by atoms with Gasteiger partial charge in [0.2, 0.25) is 5.91 Å². The van der Waals surface area contributed by atoms with Crippen LogP contribution in [0.3, 0.4) is 0 Å². The van der Waals surface area contributed by atoms with E-state index in [1.807, 2.05) is 26.0 Å². The van der Waals surface area contributed by atoms with Crippen LogP contribution in [-0.2, 0) is 23.9 Å². The second kappa shape index (κ2) is 12.2. The standard InChI is InChI=1S/C24H28N2O6/c1-4-31-24(30)18-9-12-19(13-10-18)25-21(27)6-5-7-23(29)32-15-22(28)26-20-11-8-16(2)17(3)14-20/h8-14H,4-7,15H2,1-3H3,(H,25,27)(H,26,28). The topological polar surface area (TPSA) is 111 Å². The van der Waals surface area contributed by atoms with Gasteiger partial charge in [0.15, 0.2) is 6.61 Å². The van der Waals surface area contributed by atoms with Crippen LogP contribution in [-0.4, -0.2) is 37.0 Å². The first-order valence-electron chi connectivity index (χ1n) is 10.4. The molecule has 0 bridgehead atoms. The fraction of sp³-hybridized carbons (Fsp3) is 0.333. The zero-order chi connectivity index (χ0) is 23.5. The summed E-state index contributed by atoms with van der Waals surface area (Å²) in [6, 6.07) is 11.9. The minimum absolute atomic E-state index is 0.0200. The van der Waals surface area contributed by atoms with Crippen molar-refractivity contribution in [2.24, 2.45) is 0 Å². The molecule has 0 saturated carbocycles. The predicted molar refractivity (Wildman–Crippen MR) is 120 cm³/mol. The maximum absolute atomic E-state index is 12.0. The molecule has 0 aliphatic carbocycles. The maximum atomic E-state index is 12.0. The van der Waals surface area contributed by atoms with E-state index >= 15 is 0 Å². The molecule has 2 rings (SSSR count). The van der Waals surface area contributed by atoms with Crippen LogP contribution in [0.2, 0.25) is 0 Å². The molecule has 0 heterocycles. The highest BCUT2D eigenvalue weighted by molar-refractivity contribution is 5.94. The van der Waals surface area contributed by atoms with Crippen molar-refractivity contribution < 1.29 is 28.7 Å². The highest BCUT2D eigenvalue weighted by atomic mass is 16.5. The van der Waals surface area contributed by atoms with E-state index < -0.39 is 17.8 Å². The number of nitrogens with one attached hydrogen (secondary N) is 2. The fourth-order valence-corrected chi connectivity index (χ4v) is 2.76. The Hall–Kier alpha value is -3.68. The third kappa shape index (κ3) is 8.22. The van der Waals surface area contributed by atoms with Crippen LogP contribution in [0, 0.1) is 13.8 Å². The Bertz CT molecular complexity index is 969. The molecule has 2 aromatic carbocycles. The van der Waals surface area contributed by atoms with Gasteiger partial charge in [0, 0.05) is 24.2 Å². The van der Waals surface area contributed by atoms with Gasteiger partial charge in [-0.3, -0.25) is 14.4 Å². The number of rotatable bonds is 10. The van der Waals surface area contributed by atoms with E-state index in [0.29, 0.717) is 16.9 Å². The Labute approximate surface area is 187 Å². The van der Waals surface area contributed by atoms with Crippen molar-refractivity contribution in [2.75, 3.05) is 23.8 Å². The molecule has 0 saturated heterocycles. The minimum atomic E-state index is -0.549. The third-order valence-electron chi connectivity index (χ3n) is 4.62. The summed E-state index contributed by atoms with van der Waals surface area (Å²) in [5.41, 5.74) is 3.74. The number of hydrogen-bond donors (Lipinski definition) is 2. The Balaban J connectivity index is 1.65. The summed E-state index contributed by atoms with van der Waals surface area (Å²) in [4.78, 5) is 47.4. The van der Waals surface area contributed by atoms with Gasteiger partial charge in [-0.2, -0.15) is 0 Å². The average Bonchev–Trinajstić information content (AvgIpc) is 2.75. The average molecular weight is 440 g/mol.